The molecular formula is C28H30Cl3N3O4S. The predicted octanol–water partition coefficient (Wildman–Crippen LogP) is 6.09. The van der Waals surface area contributed by atoms with Crippen LogP contribution < -0.4 is 9.62 Å². The number of halogens is 3. The van der Waals surface area contributed by atoms with E-state index < -0.39 is 28.5 Å². The molecule has 0 saturated carbocycles. The third-order valence-corrected chi connectivity index (χ3v) is 8.96. The molecule has 0 bridgehead atoms. The van der Waals surface area contributed by atoms with Crippen molar-refractivity contribution in [2.75, 3.05) is 17.4 Å². The van der Waals surface area contributed by atoms with Gasteiger partial charge in [0.25, 0.3) is 10.0 Å². The van der Waals surface area contributed by atoms with Crippen molar-refractivity contribution in [3.8, 4) is 0 Å². The Balaban J connectivity index is 2.07. The van der Waals surface area contributed by atoms with E-state index in [1.807, 2.05) is 6.92 Å². The van der Waals surface area contributed by atoms with Crippen LogP contribution in [0.1, 0.15) is 31.4 Å². The van der Waals surface area contributed by atoms with Gasteiger partial charge in [-0.2, -0.15) is 0 Å². The number of hydrogen-bond acceptors (Lipinski definition) is 4. The van der Waals surface area contributed by atoms with E-state index in [-0.39, 0.29) is 23.0 Å². The Morgan fingerprint density at radius 3 is 2.28 bits per heavy atom. The highest BCUT2D eigenvalue weighted by Gasteiger charge is 2.33. The minimum atomic E-state index is -4.19. The number of carbonyl (C=O) groups excluding carboxylic acids is 2. The van der Waals surface area contributed by atoms with Crippen molar-refractivity contribution in [3.05, 3.63) is 92.9 Å². The number of sulfonamides is 1. The van der Waals surface area contributed by atoms with Crippen LogP contribution in [-0.4, -0.2) is 44.3 Å². The van der Waals surface area contributed by atoms with Crippen LogP contribution in [0.25, 0.3) is 0 Å². The molecule has 0 aliphatic heterocycles. The number of nitrogens with one attached hydrogen (secondary N) is 1. The van der Waals surface area contributed by atoms with Crippen LogP contribution in [0.15, 0.2) is 71.6 Å². The van der Waals surface area contributed by atoms with Gasteiger partial charge in [0.1, 0.15) is 12.6 Å². The first kappa shape index (κ1) is 30.8. The van der Waals surface area contributed by atoms with Gasteiger partial charge in [-0.1, -0.05) is 72.1 Å². The molecule has 7 nitrogen and oxygen atoms in total. The molecule has 208 valence electrons. The predicted molar refractivity (Wildman–Crippen MR) is 157 cm³/mol. The van der Waals surface area contributed by atoms with E-state index in [9.17, 15) is 18.0 Å². The molecule has 1 N–H and O–H groups in total. The number of amides is 2. The molecule has 0 aromatic heterocycles. The van der Waals surface area contributed by atoms with Crippen molar-refractivity contribution in [1.82, 2.24) is 10.2 Å². The highest BCUT2D eigenvalue weighted by molar-refractivity contribution is 7.92. The molecule has 0 radical (unpaired) electrons. The van der Waals surface area contributed by atoms with Crippen molar-refractivity contribution in [2.24, 2.45) is 0 Å². The molecule has 11 heteroatoms. The topological polar surface area (TPSA) is 86.8 Å². The lowest BCUT2D eigenvalue weighted by Crippen LogP contribution is -2.51. The molecule has 3 aromatic carbocycles. The number of anilines is 1. The van der Waals surface area contributed by atoms with E-state index in [1.165, 1.54) is 17.0 Å². The van der Waals surface area contributed by atoms with Gasteiger partial charge in [0.2, 0.25) is 11.8 Å². The summed E-state index contributed by atoms with van der Waals surface area (Å²) in [7, 11) is -4.19. The molecule has 0 saturated heterocycles. The standard InChI is InChI=1S/C28H30Cl3N3O4S/c1-4-15-32-28(36)20(3)33(17-21-13-14-22(29)16-25(21)31)27(35)18-34(26-12-8-11-24(30)19(26)2)39(37,38)23-9-6-5-7-10-23/h5-14,16,20H,4,15,17-18H2,1-3H3,(H,32,36). The maximum atomic E-state index is 13.9. The lowest BCUT2D eigenvalue weighted by Gasteiger charge is -2.32. The lowest BCUT2D eigenvalue weighted by molar-refractivity contribution is -0.139. The van der Waals surface area contributed by atoms with Crippen molar-refractivity contribution in [3.63, 3.8) is 0 Å². The average molecular weight is 611 g/mol. The Bertz CT molecular complexity index is 1440. The fourth-order valence-corrected chi connectivity index (χ4v) is 6.04. The fourth-order valence-electron chi connectivity index (χ4n) is 3.91. The van der Waals surface area contributed by atoms with Crippen molar-refractivity contribution in [1.29, 1.82) is 0 Å². The summed E-state index contributed by atoms with van der Waals surface area (Å²) in [6.45, 7) is 5.01. The van der Waals surface area contributed by atoms with E-state index in [4.69, 9.17) is 34.8 Å². The molecular weight excluding hydrogens is 581 g/mol. The van der Waals surface area contributed by atoms with Gasteiger partial charge in [0.15, 0.2) is 0 Å². The SMILES string of the molecule is CCCNC(=O)C(C)N(Cc1ccc(Cl)cc1Cl)C(=O)CN(c1cccc(Cl)c1C)S(=O)(=O)c1ccccc1. The molecule has 0 fully saturated rings. The van der Waals surface area contributed by atoms with Crippen LogP contribution >= 0.6 is 34.8 Å². The van der Waals surface area contributed by atoms with Crippen molar-refractivity contribution in [2.45, 2.75) is 44.7 Å². The Morgan fingerprint density at radius 2 is 1.64 bits per heavy atom. The summed E-state index contributed by atoms with van der Waals surface area (Å²) in [5.41, 5.74) is 1.31. The zero-order valence-corrected chi connectivity index (χ0v) is 24.9. The van der Waals surface area contributed by atoms with Gasteiger partial charge in [-0.3, -0.25) is 13.9 Å². The molecule has 3 rings (SSSR count). The van der Waals surface area contributed by atoms with Crippen LogP contribution in [0.4, 0.5) is 5.69 Å². The van der Waals surface area contributed by atoms with Crippen molar-refractivity contribution >= 4 is 62.3 Å². The molecule has 2 amide bonds. The smallest absolute Gasteiger partial charge is 0.264 e. The van der Waals surface area contributed by atoms with Crippen LogP contribution in [0, 0.1) is 6.92 Å². The Kier molecular flexibility index (Phi) is 10.7. The molecule has 3 aromatic rings. The first-order valence-electron chi connectivity index (χ1n) is 12.3. The maximum Gasteiger partial charge on any atom is 0.264 e. The molecule has 1 unspecified atom stereocenters. The molecule has 39 heavy (non-hydrogen) atoms. The van der Waals surface area contributed by atoms with E-state index in [0.717, 1.165) is 4.31 Å². The van der Waals surface area contributed by atoms with Gasteiger partial charge in [-0.25, -0.2) is 8.42 Å². The van der Waals surface area contributed by atoms with Crippen LogP contribution in [0.3, 0.4) is 0 Å². The Morgan fingerprint density at radius 1 is 0.949 bits per heavy atom. The second kappa shape index (κ2) is 13.5. The summed E-state index contributed by atoms with van der Waals surface area (Å²) in [4.78, 5) is 28.2. The zero-order valence-electron chi connectivity index (χ0n) is 21.8. The maximum absolute atomic E-state index is 13.9. The van der Waals surface area contributed by atoms with E-state index in [1.54, 1.807) is 68.4 Å². The van der Waals surface area contributed by atoms with Crippen LogP contribution in [0.2, 0.25) is 15.1 Å². The monoisotopic (exact) mass is 609 g/mol. The quantitative estimate of drug-likeness (QED) is 0.285. The fraction of sp³-hybridized carbons (Fsp3) is 0.286. The molecule has 0 spiro atoms. The summed E-state index contributed by atoms with van der Waals surface area (Å²) < 4.78 is 28.7. The van der Waals surface area contributed by atoms with Gasteiger partial charge < -0.3 is 10.2 Å². The third kappa shape index (κ3) is 7.45. The highest BCUT2D eigenvalue weighted by Crippen LogP contribution is 2.31. The number of benzene rings is 3. The zero-order chi connectivity index (χ0) is 28.7. The average Bonchev–Trinajstić information content (AvgIpc) is 2.91. The summed E-state index contributed by atoms with van der Waals surface area (Å²) in [5.74, 6) is -0.967. The van der Waals surface area contributed by atoms with E-state index >= 15 is 0 Å². The third-order valence-electron chi connectivity index (χ3n) is 6.19. The number of nitrogens with zero attached hydrogens (tertiary/aromatic N) is 2. The van der Waals surface area contributed by atoms with Gasteiger partial charge in [-0.15, -0.1) is 0 Å². The van der Waals surface area contributed by atoms with Crippen LogP contribution in [-0.2, 0) is 26.2 Å². The summed E-state index contributed by atoms with van der Waals surface area (Å²) in [5, 5.41) is 3.89. The lowest BCUT2D eigenvalue weighted by atomic mass is 10.1. The van der Waals surface area contributed by atoms with Gasteiger partial charge in [-0.05, 0) is 67.8 Å². The number of carbonyl (C=O) groups is 2. The number of hydrogen-bond donors (Lipinski definition) is 1. The van der Waals surface area contributed by atoms with E-state index in [0.29, 0.717) is 39.2 Å². The summed E-state index contributed by atoms with van der Waals surface area (Å²) in [6.07, 6.45) is 0.715. The van der Waals surface area contributed by atoms with E-state index in [2.05, 4.69) is 5.32 Å². The Labute approximate surface area is 244 Å². The summed E-state index contributed by atoms with van der Waals surface area (Å²) in [6, 6.07) is 16.6. The van der Waals surface area contributed by atoms with Gasteiger partial charge in [0, 0.05) is 28.2 Å². The first-order chi connectivity index (χ1) is 18.5. The minimum absolute atomic E-state index is 0.0122. The minimum Gasteiger partial charge on any atom is -0.354 e. The molecule has 1 atom stereocenters. The van der Waals surface area contributed by atoms with Gasteiger partial charge in [0.05, 0.1) is 10.6 Å². The molecule has 0 aliphatic carbocycles. The van der Waals surface area contributed by atoms with Gasteiger partial charge >= 0.3 is 0 Å². The number of rotatable bonds is 11. The second-order valence-corrected chi connectivity index (χ2v) is 12.0. The van der Waals surface area contributed by atoms with Crippen molar-refractivity contribution < 1.29 is 18.0 Å². The first-order valence-corrected chi connectivity index (χ1v) is 14.9. The highest BCUT2D eigenvalue weighted by atomic mass is 35.5. The largest absolute Gasteiger partial charge is 0.354 e. The van der Waals surface area contributed by atoms with Crippen LogP contribution in [0.5, 0.6) is 0 Å². The summed E-state index contributed by atoms with van der Waals surface area (Å²) >= 11 is 18.8. The normalized spacial score (nSPS) is 12.1. The second-order valence-electron chi connectivity index (χ2n) is 8.93. The Hall–Kier alpha value is -2.78. The molecule has 0 heterocycles. The molecule has 0 aliphatic rings.